The Hall–Kier alpha value is -0.900. The lowest BCUT2D eigenvalue weighted by Crippen LogP contribution is -2.44. The van der Waals surface area contributed by atoms with Gasteiger partial charge in [0.05, 0.1) is 6.61 Å². The van der Waals surface area contributed by atoms with Crippen LogP contribution in [-0.4, -0.2) is 37.7 Å². The van der Waals surface area contributed by atoms with Crippen molar-refractivity contribution in [1.82, 2.24) is 4.90 Å². The molecular formula is C15H26N2O. The van der Waals surface area contributed by atoms with E-state index in [0.29, 0.717) is 18.5 Å². The topological polar surface area (TPSA) is 38.5 Å². The van der Waals surface area contributed by atoms with Crippen LogP contribution in [-0.2, 0) is 11.3 Å². The summed E-state index contributed by atoms with van der Waals surface area (Å²) in [6.45, 7) is 7.74. The van der Waals surface area contributed by atoms with Crippen molar-refractivity contribution in [2.75, 3.05) is 26.8 Å². The van der Waals surface area contributed by atoms with Gasteiger partial charge in [-0.15, -0.1) is 0 Å². The fourth-order valence-corrected chi connectivity index (χ4v) is 2.24. The molecule has 1 unspecified atom stereocenters. The van der Waals surface area contributed by atoms with Crippen LogP contribution in [0.15, 0.2) is 30.3 Å². The van der Waals surface area contributed by atoms with Crippen LogP contribution in [0.2, 0.25) is 0 Å². The van der Waals surface area contributed by atoms with Crippen LogP contribution in [0.3, 0.4) is 0 Å². The molecule has 0 saturated carbocycles. The van der Waals surface area contributed by atoms with Gasteiger partial charge in [0.1, 0.15) is 0 Å². The first-order valence-corrected chi connectivity index (χ1v) is 6.66. The van der Waals surface area contributed by atoms with Crippen LogP contribution < -0.4 is 5.73 Å². The lowest BCUT2D eigenvalue weighted by Gasteiger charge is -2.33. The summed E-state index contributed by atoms with van der Waals surface area (Å²) in [4.78, 5) is 2.42. The Morgan fingerprint density at radius 1 is 1.22 bits per heavy atom. The summed E-state index contributed by atoms with van der Waals surface area (Å²) in [6.07, 6.45) is 0. The lowest BCUT2D eigenvalue weighted by atomic mass is 10.0. The number of nitrogens with zero attached hydrogens (tertiary/aromatic N) is 1. The van der Waals surface area contributed by atoms with E-state index >= 15 is 0 Å². The van der Waals surface area contributed by atoms with Gasteiger partial charge in [0, 0.05) is 32.8 Å². The van der Waals surface area contributed by atoms with Crippen molar-refractivity contribution in [3.63, 3.8) is 0 Å². The molecule has 1 aromatic carbocycles. The molecule has 0 saturated heterocycles. The normalized spacial score (nSPS) is 13.2. The zero-order chi connectivity index (χ0) is 13.4. The largest absolute Gasteiger partial charge is 0.383 e. The monoisotopic (exact) mass is 250 g/mol. The molecule has 1 rings (SSSR count). The smallest absolute Gasteiger partial charge is 0.0620 e. The first-order chi connectivity index (χ1) is 8.69. The predicted molar refractivity (Wildman–Crippen MR) is 76.4 cm³/mol. The molecule has 1 atom stereocenters. The third-order valence-electron chi connectivity index (χ3n) is 3.22. The van der Waals surface area contributed by atoms with Crippen molar-refractivity contribution in [1.29, 1.82) is 0 Å². The Balaban J connectivity index is 2.73. The Bertz CT molecular complexity index is 314. The SMILES string of the molecule is COCC(C(C)C)N(CCN)Cc1ccccc1. The minimum absolute atomic E-state index is 0.416. The van der Waals surface area contributed by atoms with Gasteiger partial charge in [-0.3, -0.25) is 4.90 Å². The quantitative estimate of drug-likeness (QED) is 0.768. The molecule has 3 nitrogen and oxygen atoms in total. The second-order valence-corrected chi connectivity index (χ2v) is 5.01. The molecule has 102 valence electrons. The minimum atomic E-state index is 0.416. The highest BCUT2D eigenvalue weighted by atomic mass is 16.5. The number of nitrogens with two attached hydrogens (primary N) is 1. The molecule has 0 fully saturated rings. The van der Waals surface area contributed by atoms with Crippen LogP contribution in [0.5, 0.6) is 0 Å². The summed E-state index contributed by atoms with van der Waals surface area (Å²) in [5.41, 5.74) is 7.06. The summed E-state index contributed by atoms with van der Waals surface area (Å²) in [6, 6.07) is 10.9. The second-order valence-electron chi connectivity index (χ2n) is 5.01. The Labute approximate surface area is 111 Å². The lowest BCUT2D eigenvalue weighted by molar-refractivity contribution is 0.0612. The van der Waals surface area contributed by atoms with E-state index in [1.807, 2.05) is 6.07 Å². The standard InChI is InChI=1S/C15H26N2O/c1-13(2)15(12-18-3)17(10-9-16)11-14-7-5-4-6-8-14/h4-8,13,15H,9-12,16H2,1-3H3. The van der Waals surface area contributed by atoms with Crippen molar-refractivity contribution in [2.45, 2.75) is 26.4 Å². The Morgan fingerprint density at radius 2 is 1.89 bits per heavy atom. The van der Waals surface area contributed by atoms with Crippen molar-refractivity contribution < 1.29 is 4.74 Å². The number of rotatable bonds is 8. The highest BCUT2D eigenvalue weighted by Gasteiger charge is 2.21. The van der Waals surface area contributed by atoms with E-state index in [4.69, 9.17) is 10.5 Å². The molecule has 0 radical (unpaired) electrons. The summed E-state index contributed by atoms with van der Waals surface area (Å²) in [5, 5.41) is 0. The van der Waals surface area contributed by atoms with Gasteiger partial charge in [0.15, 0.2) is 0 Å². The maximum absolute atomic E-state index is 5.73. The highest BCUT2D eigenvalue weighted by Crippen LogP contribution is 2.14. The third kappa shape index (κ3) is 4.77. The molecular weight excluding hydrogens is 224 g/mol. The molecule has 18 heavy (non-hydrogen) atoms. The predicted octanol–water partition coefficient (Wildman–Crippen LogP) is 2.12. The second kappa shape index (κ2) is 8.25. The number of hydrogen-bond acceptors (Lipinski definition) is 3. The molecule has 2 N–H and O–H groups in total. The zero-order valence-corrected chi connectivity index (χ0v) is 11.8. The van der Waals surface area contributed by atoms with E-state index < -0.39 is 0 Å². The van der Waals surface area contributed by atoms with Gasteiger partial charge in [0.25, 0.3) is 0 Å². The average molecular weight is 250 g/mol. The molecule has 0 heterocycles. The maximum Gasteiger partial charge on any atom is 0.0620 e. The van der Waals surface area contributed by atoms with Crippen LogP contribution >= 0.6 is 0 Å². The van der Waals surface area contributed by atoms with E-state index in [1.54, 1.807) is 7.11 Å². The fraction of sp³-hybridized carbons (Fsp3) is 0.600. The van der Waals surface area contributed by atoms with Crippen LogP contribution in [0.4, 0.5) is 0 Å². The van der Waals surface area contributed by atoms with Gasteiger partial charge in [-0.25, -0.2) is 0 Å². The Morgan fingerprint density at radius 3 is 2.39 bits per heavy atom. The van der Waals surface area contributed by atoms with Crippen LogP contribution in [0, 0.1) is 5.92 Å². The maximum atomic E-state index is 5.73. The van der Waals surface area contributed by atoms with E-state index in [0.717, 1.165) is 19.7 Å². The molecule has 0 amide bonds. The molecule has 0 spiro atoms. The van der Waals surface area contributed by atoms with Crippen molar-refractivity contribution >= 4 is 0 Å². The molecule has 0 aliphatic heterocycles. The number of ether oxygens (including phenoxy) is 1. The highest BCUT2D eigenvalue weighted by molar-refractivity contribution is 5.14. The molecule has 0 aromatic heterocycles. The number of benzene rings is 1. The molecule has 0 aliphatic carbocycles. The summed E-state index contributed by atoms with van der Waals surface area (Å²) < 4.78 is 5.35. The molecule has 3 heteroatoms. The van der Waals surface area contributed by atoms with Gasteiger partial charge in [-0.2, -0.15) is 0 Å². The van der Waals surface area contributed by atoms with E-state index in [-0.39, 0.29) is 0 Å². The van der Waals surface area contributed by atoms with Gasteiger partial charge in [-0.1, -0.05) is 44.2 Å². The van der Waals surface area contributed by atoms with Gasteiger partial charge >= 0.3 is 0 Å². The summed E-state index contributed by atoms with van der Waals surface area (Å²) in [7, 11) is 1.76. The van der Waals surface area contributed by atoms with Crippen LogP contribution in [0.25, 0.3) is 0 Å². The number of hydrogen-bond donors (Lipinski definition) is 1. The first-order valence-electron chi connectivity index (χ1n) is 6.66. The third-order valence-corrected chi connectivity index (χ3v) is 3.22. The van der Waals surface area contributed by atoms with Gasteiger partial charge in [-0.05, 0) is 11.5 Å². The zero-order valence-electron chi connectivity index (χ0n) is 11.8. The summed E-state index contributed by atoms with van der Waals surface area (Å²) >= 11 is 0. The fourth-order valence-electron chi connectivity index (χ4n) is 2.24. The van der Waals surface area contributed by atoms with Crippen LogP contribution in [0.1, 0.15) is 19.4 Å². The molecule has 0 aliphatic rings. The summed E-state index contributed by atoms with van der Waals surface area (Å²) in [5.74, 6) is 0.556. The minimum Gasteiger partial charge on any atom is -0.383 e. The van der Waals surface area contributed by atoms with Crippen molar-refractivity contribution in [3.8, 4) is 0 Å². The molecule has 1 aromatic rings. The van der Waals surface area contributed by atoms with Crippen molar-refractivity contribution in [2.24, 2.45) is 11.7 Å². The number of methoxy groups -OCH3 is 1. The Kier molecular flexibility index (Phi) is 6.94. The van der Waals surface area contributed by atoms with Crippen molar-refractivity contribution in [3.05, 3.63) is 35.9 Å². The van der Waals surface area contributed by atoms with E-state index in [9.17, 15) is 0 Å². The van der Waals surface area contributed by atoms with Gasteiger partial charge < -0.3 is 10.5 Å². The average Bonchev–Trinajstić information content (AvgIpc) is 2.36. The first kappa shape index (κ1) is 15.2. The van der Waals surface area contributed by atoms with E-state index in [2.05, 4.69) is 43.0 Å². The van der Waals surface area contributed by atoms with E-state index in [1.165, 1.54) is 5.56 Å². The molecule has 0 bridgehead atoms. The van der Waals surface area contributed by atoms with Gasteiger partial charge in [0.2, 0.25) is 0 Å².